The molecule has 0 radical (unpaired) electrons. The quantitative estimate of drug-likeness (QED) is 0.640. The van der Waals surface area contributed by atoms with E-state index < -0.39 is 0 Å². The molecule has 0 aliphatic heterocycles. The smallest absolute Gasteiger partial charge is 0.272 e. The number of nitrogens with one attached hydrogen (secondary N) is 1. The number of benzene rings is 1. The Balaban J connectivity index is 2.03. The Bertz CT molecular complexity index is 476. The van der Waals surface area contributed by atoms with Crippen molar-refractivity contribution < 1.29 is 4.92 Å². The van der Waals surface area contributed by atoms with E-state index in [1.165, 1.54) is 19.3 Å². The van der Waals surface area contributed by atoms with Crippen LogP contribution in [-0.4, -0.2) is 17.5 Å². The van der Waals surface area contributed by atoms with E-state index in [1.54, 1.807) is 12.1 Å². The van der Waals surface area contributed by atoms with Gasteiger partial charge in [-0.15, -0.1) is 0 Å². The molecule has 3 N–H and O–H groups in total. The van der Waals surface area contributed by atoms with Crippen LogP contribution in [0.15, 0.2) is 18.2 Å². The van der Waals surface area contributed by atoms with Gasteiger partial charge in [-0.2, -0.15) is 0 Å². The molecule has 0 amide bonds. The number of hydrogen-bond acceptors (Lipinski definition) is 4. The van der Waals surface area contributed by atoms with E-state index in [0.29, 0.717) is 25.0 Å². The van der Waals surface area contributed by atoms with Gasteiger partial charge >= 0.3 is 0 Å². The van der Waals surface area contributed by atoms with Crippen molar-refractivity contribution >= 4 is 5.69 Å². The van der Waals surface area contributed by atoms with Gasteiger partial charge in [0.25, 0.3) is 5.69 Å². The normalized spacial score (nSPS) is 22.7. The fourth-order valence-electron chi connectivity index (χ4n) is 3.06. The molecule has 0 heterocycles. The van der Waals surface area contributed by atoms with Gasteiger partial charge < -0.3 is 11.1 Å². The van der Waals surface area contributed by atoms with E-state index in [1.807, 2.05) is 13.0 Å². The zero-order chi connectivity index (χ0) is 14.5. The highest BCUT2D eigenvalue weighted by Crippen LogP contribution is 2.25. The van der Waals surface area contributed by atoms with Crippen LogP contribution >= 0.6 is 0 Å². The summed E-state index contributed by atoms with van der Waals surface area (Å²) in [6.07, 6.45) is 4.83. The van der Waals surface area contributed by atoms with Crippen molar-refractivity contribution in [1.29, 1.82) is 0 Å². The summed E-state index contributed by atoms with van der Waals surface area (Å²) >= 11 is 0. The molecule has 1 aromatic rings. The lowest BCUT2D eigenvalue weighted by Gasteiger charge is -2.31. The molecule has 1 aromatic carbocycles. The zero-order valence-corrected chi connectivity index (χ0v) is 12.0. The van der Waals surface area contributed by atoms with Gasteiger partial charge in [0, 0.05) is 24.2 Å². The maximum atomic E-state index is 10.9. The molecule has 0 spiro atoms. The molecule has 2 unspecified atom stereocenters. The van der Waals surface area contributed by atoms with Crippen molar-refractivity contribution in [3.8, 4) is 0 Å². The van der Waals surface area contributed by atoms with Crippen LogP contribution in [0.1, 0.15) is 36.8 Å². The molecule has 0 saturated heterocycles. The number of nitro benzene ring substituents is 1. The lowest BCUT2D eigenvalue weighted by molar-refractivity contribution is -0.385. The van der Waals surface area contributed by atoms with Gasteiger partial charge in [0.2, 0.25) is 0 Å². The van der Waals surface area contributed by atoms with Gasteiger partial charge in [-0.1, -0.05) is 25.0 Å². The Hall–Kier alpha value is -1.46. The summed E-state index contributed by atoms with van der Waals surface area (Å²) in [4.78, 5) is 10.6. The van der Waals surface area contributed by atoms with Crippen molar-refractivity contribution in [2.75, 3.05) is 6.54 Å². The molecule has 1 aliphatic carbocycles. The third kappa shape index (κ3) is 3.35. The maximum Gasteiger partial charge on any atom is 0.272 e. The summed E-state index contributed by atoms with van der Waals surface area (Å²) in [7, 11) is 0. The summed E-state index contributed by atoms with van der Waals surface area (Å²) in [5.74, 6) is 0.530. The minimum atomic E-state index is -0.317. The van der Waals surface area contributed by atoms with Gasteiger partial charge in [-0.3, -0.25) is 10.1 Å². The van der Waals surface area contributed by atoms with Gasteiger partial charge in [-0.05, 0) is 37.8 Å². The van der Waals surface area contributed by atoms with E-state index in [2.05, 4.69) is 5.32 Å². The van der Waals surface area contributed by atoms with E-state index >= 15 is 0 Å². The number of nitro groups is 1. The molecular formula is C15H23N3O2. The Kier molecular flexibility index (Phi) is 5.09. The maximum absolute atomic E-state index is 10.9. The van der Waals surface area contributed by atoms with Crippen LogP contribution in [0.25, 0.3) is 0 Å². The Morgan fingerprint density at radius 3 is 2.85 bits per heavy atom. The van der Waals surface area contributed by atoms with Gasteiger partial charge in [0.15, 0.2) is 0 Å². The molecule has 1 fully saturated rings. The van der Waals surface area contributed by atoms with Gasteiger partial charge in [0.05, 0.1) is 4.92 Å². The zero-order valence-electron chi connectivity index (χ0n) is 12.0. The van der Waals surface area contributed by atoms with Crippen LogP contribution in [0, 0.1) is 23.0 Å². The molecule has 20 heavy (non-hydrogen) atoms. The molecule has 1 aliphatic rings. The fourth-order valence-corrected chi connectivity index (χ4v) is 3.06. The van der Waals surface area contributed by atoms with Crippen molar-refractivity contribution in [3.63, 3.8) is 0 Å². The molecule has 0 bridgehead atoms. The second-order valence-corrected chi connectivity index (χ2v) is 5.59. The topological polar surface area (TPSA) is 81.2 Å². The highest BCUT2D eigenvalue weighted by atomic mass is 16.6. The molecule has 0 aromatic heterocycles. The van der Waals surface area contributed by atoms with Gasteiger partial charge in [-0.25, -0.2) is 0 Å². The molecule has 110 valence electrons. The first-order valence-electron chi connectivity index (χ1n) is 7.29. The molecular weight excluding hydrogens is 254 g/mol. The number of nitrogens with two attached hydrogens (primary N) is 1. The van der Waals surface area contributed by atoms with Crippen molar-refractivity contribution in [1.82, 2.24) is 5.32 Å². The Morgan fingerprint density at radius 1 is 1.40 bits per heavy atom. The minimum Gasteiger partial charge on any atom is -0.330 e. The van der Waals surface area contributed by atoms with Crippen molar-refractivity contribution in [2.45, 2.75) is 45.2 Å². The summed E-state index contributed by atoms with van der Waals surface area (Å²) in [6, 6.07) is 5.70. The fraction of sp³-hybridized carbons (Fsp3) is 0.600. The molecule has 1 saturated carbocycles. The third-order valence-corrected chi connectivity index (χ3v) is 4.38. The number of nitrogens with zero attached hydrogens (tertiary/aromatic N) is 1. The molecule has 5 nitrogen and oxygen atoms in total. The predicted molar refractivity (Wildman–Crippen MR) is 79.5 cm³/mol. The lowest BCUT2D eigenvalue weighted by Crippen LogP contribution is -2.41. The van der Waals surface area contributed by atoms with Gasteiger partial charge in [0.1, 0.15) is 0 Å². The van der Waals surface area contributed by atoms with Crippen molar-refractivity contribution in [3.05, 3.63) is 39.4 Å². The molecule has 2 atom stereocenters. The third-order valence-electron chi connectivity index (χ3n) is 4.38. The van der Waals surface area contributed by atoms with Crippen LogP contribution in [0.5, 0.6) is 0 Å². The summed E-state index contributed by atoms with van der Waals surface area (Å²) in [6.45, 7) is 3.21. The SMILES string of the molecule is Cc1c(CNC2CCCCC2CN)cccc1[N+](=O)[O-]. The standard InChI is InChI=1S/C15H23N3O2/c1-11-13(6-4-8-15(11)18(19)20)10-17-14-7-3-2-5-12(14)9-16/h4,6,8,12,14,17H,2-3,5,7,9-10,16H2,1H3. The predicted octanol–water partition coefficient (Wildman–Crippen LogP) is 2.51. The summed E-state index contributed by atoms with van der Waals surface area (Å²) < 4.78 is 0. The highest BCUT2D eigenvalue weighted by molar-refractivity contribution is 5.44. The Labute approximate surface area is 119 Å². The van der Waals surface area contributed by atoms with E-state index in [0.717, 1.165) is 17.5 Å². The average molecular weight is 277 g/mol. The summed E-state index contributed by atoms with van der Waals surface area (Å²) in [5, 5.41) is 14.5. The number of rotatable bonds is 5. The van der Waals surface area contributed by atoms with Crippen LogP contribution in [0.2, 0.25) is 0 Å². The average Bonchev–Trinajstić information content (AvgIpc) is 2.46. The van der Waals surface area contributed by atoms with Crippen molar-refractivity contribution in [2.24, 2.45) is 11.7 Å². The largest absolute Gasteiger partial charge is 0.330 e. The van der Waals surface area contributed by atoms with E-state index in [9.17, 15) is 10.1 Å². The van der Waals surface area contributed by atoms with Crippen LogP contribution in [-0.2, 0) is 6.54 Å². The minimum absolute atomic E-state index is 0.198. The first kappa shape index (κ1) is 14.9. The molecule has 2 rings (SSSR count). The van der Waals surface area contributed by atoms with E-state index in [4.69, 9.17) is 5.73 Å². The van der Waals surface area contributed by atoms with Crippen LogP contribution < -0.4 is 11.1 Å². The second kappa shape index (κ2) is 6.81. The monoisotopic (exact) mass is 277 g/mol. The molecule has 5 heteroatoms. The van der Waals surface area contributed by atoms with E-state index in [-0.39, 0.29) is 10.6 Å². The first-order valence-corrected chi connectivity index (χ1v) is 7.29. The van der Waals surface area contributed by atoms with Crippen LogP contribution in [0.3, 0.4) is 0 Å². The summed E-state index contributed by atoms with van der Waals surface area (Å²) in [5.41, 5.74) is 7.78. The first-order chi connectivity index (χ1) is 9.63. The number of hydrogen-bond donors (Lipinski definition) is 2. The lowest BCUT2D eigenvalue weighted by atomic mass is 9.84. The second-order valence-electron chi connectivity index (χ2n) is 5.59. The highest BCUT2D eigenvalue weighted by Gasteiger charge is 2.23. The van der Waals surface area contributed by atoms with Crippen LogP contribution in [0.4, 0.5) is 5.69 Å². The Morgan fingerprint density at radius 2 is 2.15 bits per heavy atom.